The number of imidazole rings is 1. The van der Waals surface area contributed by atoms with Crippen LogP contribution in [-0.4, -0.2) is 15.0 Å². The molecule has 1 N–H and O–H groups in total. The van der Waals surface area contributed by atoms with E-state index in [0.717, 1.165) is 28.3 Å². The maximum Gasteiger partial charge on any atom is 0.137 e. The molecule has 0 saturated heterocycles. The monoisotopic (exact) mass is 331 g/mol. The number of aromatic amines is 1. The standard InChI is InChI=1S/C15H11BrFN3/c1-9-3-2-4-13(20-9)15-14(18-8-19-15)10-5-6-12(17)11(16)7-10/h2-8H,1H3,(H,18,19). The molecule has 0 fully saturated rings. The van der Waals surface area contributed by atoms with E-state index in [2.05, 4.69) is 30.9 Å². The molecule has 2 aromatic heterocycles. The first kappa shape index (κ1) is 13.0. The third-order valence-corrected chi connectivity index (χ3v) is 3.58. The SMILES string of the molecule is Cc1cccc(-c2[nH]cnc2-c2ccc(F)c(Br)c2)n1. The van der Waals surface area contributed by atoms with Crippen LogP contribution in [0.2, 0.25) is 0 Å². The zero-order valence-electron chi connectivity index (χ0n) is 10.7. The van der Waals surface area contributed by atoms with Crippen molar-refractivity contribution in [2.24, 2.45) is 0 Å². The van der Waals surface area contributed by atoms with Crippen LogP contribution < -0.4 is 0 Å². The van der Waals surface area contributed by atoms with Gasteiger partial charge in [-0.2, -0.15) is 0 Å². The number of aromatic nitrogens is 3. The van der Waals surface area contributed by atoms with Crippen LogP contribution in [0.1, 0.15) is 5.69 Å². The van der Waals surface area contributed by atoms with Crippen LogP contribution in [0.25, 0.3) is 22.6 Å². The van der Waals surface area contributed by atoms with E-state index in [-0.39, 0.29) is 5.82 Å². The molecule has 1 aromatic carbocycles. The third kappa shape index (κ3) is 2.36. The number of aryl methyl sites for hydroxylation is 1. The number of pyridine rings is 1. The summed E-state index contributed by atoms with van der Waals surface area (Å²) in [6.07, 6.45) is 1.62. The maximum atomic E-state index is 13.3. The first-order valence-corrected chi connectivity index (χ1v) is 6.87. The fourth-order valence-corrected chi connectivity index (χ4v) is 2.41. The summed E-state index contributed by atoms with van der Waals surface area (Å²) in [5, 5.41) is 0. The Morgan fingerprint density at radius 1 is 1.20 bits per heavy atom. The lowest BCUT2D eigenvalue weighted by Crippen LogP contribution is -1.90. The smallest absolute Gasteiger partial charge is 0.137 e. The highest BCUT2D eigenvalue weighted by molar-refractivity contribution is 9.10. The molecule has 100 valence electrons. The minimum absolute atomic E-state index is 0.292. The van der Waals surface area contributed by atoms with Crippen LogP contribution in [0.15, 0.2) is 47.2 Å². The van der Waals surface area contributed by atoms with Gasteiger partial charge in [0.2, 0.25) is 0 Å². The number of hydrogen-bond acceptors (Lipinski definition) is 2. The largest absolute Gasteiger partial charge is 0.343 e. The number of nitrogens with one attached hydrogen (secondary N) is 1. The average molecular weight is 332 g/mol. The van der Waals surface area contributed by atoms with Gasteiger partial charge >= 0.3 is 0 Å². The van der Waals surface area contributed by atoms with Gasteiger partial charge in [-0.3, -0.25) is 4.98 Å². The van der Waals surface area contributed by atoms with E-state index in [1.54, 1.807) is 18.5 Å². The lowest BCUT2D eigenvalue weighted by atomic mass is 10.1. The number of nitrogens with zero attached hydrogens (tertiary/aromatic N) is 2. The fraction of sp³-hybridized carbons (Fsp3) is 0.0667. The highest BCUT2D eigenvalue weighted by Gasteiger charge is 2.13. The van der Waals surface area contributed by atoms with Gasteiger partial charge in [0, 0.05) is 11.3 Å². The van der Waals surface area contributed by atoms with E-state index >= 15 is 0 Å². The summed E-state index contributed by atoms with van der Waals surface area (Å²) in [4.78, 5) is 11.9. The average Bonchev–Trinajstić information content (AvgIpc) is 2.91. The molecule has 0 unspecified atom stereocenters. The van der Waals surface area contributed by atoms with Gasteiger partial charge in [-0.05, 0) is 53.2 Å². The second kappa shape index (κ2) is 5.17. The van der Waals surface area contributed by atoms with E-state index < -0.39 is 0 Å². The van der Waals surface area contributed by atoms with Crippen LogP contribution in [0.4, 0.5) is 4.39 Å². The molecule has 5 heteroatoms. The molecule has 0 aliphatic heterocycles. The van der Waals surface area contributed by atoms with Crippen molar-refractivity contribution in [3.8, 4) is 22.6 Å². The predicted octanol–water partition coefficient (Wildman–Crippen LogP) is 4.35. The van der Waals surface area contributed by atoms with Crippen LogP contribution in [0.3, 0.4) is 0 Å². The maximum absolute atomic E-state index is 13.3. The first-order valence-electron chi connectivity index (χ1n) is 6.08. The van der Waals surface area contributed by atoms with Gasteiger partial charge in [0.1, 0.15) is 5.82 Å². The van der Waals surface area contributed by atoms with Gasteiger partial charge in [-0.15, -0.1) is 0 Å². The van der Waals surface area contributed by atoms with Crippen molar-refractivity contribution in [3.05, 3.63) is 58.7 Å². The summed E-state index contributed by atoms with van der Waals surface area (Å²) in [5.74, 6) is -0.292. The van der Waals surface area contributed by atoms with Crippen molar-refractivity contribution in [1.82, 2.24) is 15.0 Å². The molecule has 2 heterocycles. The third-order valence-electron chi connectivity index (χ3n) is 2.98. The Morgan fingerprint density at radius 2 is 2.05 bits per heavy atom. The Balaban J connectivity index is 2.12. The topological polar surface area (TPSA) is 41.6 Å². The zero-order chi connectivity index (χ0) is 14.1. The highest BCUT2D eigenvalue weighted by Crippen LogP contribution is 2.30. The molecule has 0 spiro atoms. The van der Waals surface area contributed by atoms with Gasteiger partial charge in [0.05, 0.1) is 27.9 Å². The van der Waals surface area contributed by atoms with Gasteiger partial charge < -0.3 is 4.98 Å². The molecule has 3 rings (SSSR count). The summed E-state index contributed by atoms with van der Waals surface area (Å²) in [6.45, 7) is 1.94. The van der Waals surface area contributed by atoms with Gasteiger partial charge in [0.25, 0.3) is 0 Å². The number of halogens is 2. The number of hydrogen-bond donors (Lipinski definition) is 1. The second-order valence-corrected chi connectivity index (χ2v) is 5.27. The molecule has 0 radical (unpaired) electrons. The van der Waals surface area contributed by atoms with E-state index in [4.69, 9.17) is 0 Å². The van der Waals surface area contributed by atoms with Crippen molar-refractivity contribution in [2.75, 3.05) is 0 Å². The van der Waals surface area contributed by atoms with Crippen molar-refractivity contribution in [3.63, 3.8) is 0 Å². The molecule has 3 aromatic rings. The summed E-state index contributed by atoms with van der Waals surface area (Å²) in [6, 6.07) is 10.6. The second-order valence-electron chi connectivity index (χ2n) is 4.42. The fourth-order valence-electron chi connectivity index (χ4n) is 2.03. The Labute approximate surface area is 124 Å². The predicted molar refractivity (Wildman–Crippen MR) is 79.6 cm³/mol. The van der Waals surface area contributed by atoms with Gasteiger partial charge in [0.15, 0.2) is 0 Å². The molecule has 0 aliphatic carbocycles. The van der Waals surface area contributed by atoms with E-state index in [1.165, 1.54) is 6.07 Å². The summed E-state index contributed by atoms with van der Waals surface area (Å²) >= 11 is 3.20. The minimum Gasteiger partial charge on any atom is -0.343 e. The number of H-pyrrole nitrogens is 1. The van der Waals surface area contributed by atoms with Crippen LogP contribution in [-0.2, 0) is 0 Å². The molecule has 0 saturated carbocycles. The summed E-state index contributed by atoms with van der Waals surface area (Å²) < 4.78 is 13.7. The minimum atomic E-state index is -0.292. The van der Waals surface area contributed by atoms with Crippen LogP contribution in [0.5, 0.6) is 0 Å². The summed E-state index contributed by atoms with van der Waals surface area (Å²) in [7, 11) is 0. The van der Waals surface area contributed by atoms with Gasteiger partial charge in [-0.25, -0.2) is 9.37 Å². The van der Waals surface area contributed by atoms with Crippen molar-refractivity contribution >= 4 is 15.9 Å². The highest BCUT2D eigenvalue weighted by atomic mass is 79.9. The molecular weight excluding hydrogens is 321 g/mol. The molecule has 0 amide bonds. The quantitative estimate of drug-likeness (QED) is 0.758. The van der Waals surface area contributed by atoms with E-state index in [0.29, 0.717) is 4.47 Å². The lowest BCUT2D eigenvalue weighted by Gasteiger charge is -2.04. The molecule has 0 aliphatic rings. The van der Waals surface area contributed by atoms with Crippen molar-refractivity contribution < 1.29 is 4.39 Å². The van der Waals surface area contributed by atoms with Crippen LogP contribution in [0, 0.1) is 12.7 Å². The van der Waals surface area contributed by atoms with E-state index in [9.17, 15) is 4.39 Å². The number of rotatable bonds is 2. The molecule has 20 heavy (non-hydrogen) atoms. The Morgan fingerprint density at radius 3 is 2.80 bits per heavy atom. The molecule has 0 bridgehead atoms. The van der Waals surface area contributed by atoms with Gasteiger partial charge in [-0.1, -0.05) is 6.07 Å². The first-order chi connectivity index (χ1) is 9.65. The Bertz CT molecular complexity index is 767. The van der Waals surface area contributed by atoms with Crippen molar-refractivity contribution in [2.45, 2.75) is 6.92 Å². The Hall–Kier alpha value is -2.01. The summed E-state index contributed by atoms with van der Waals surface area (Å²) in [5.41, 5.74) is 4.16. The lowest BCUT2D eigenvalue weighted by molar-refractivity contribution is 0.621. The zero-order valence-corrected chi connectivity index (χ0v) is 12.3. The molecular formula is C15H11BrFN3. The Kier molecular flexibility index (Phi) is 3.36. The van der Waals surface area contributed by atoms with Crippen LogP contribution >= 0.6 is 15.9 Å². The molecule has 3 nitrogen and oxygen atoms in total. The van der Waals surface area contributed by atoms with E-state index in [1.807, 2.05) is 25.1 Å². The number of benzene rings is 1. The normalized spacial score (nSPS) is 10.8. The molecule has 0 atom stereocenters. The van der Waals surface area contributed by atoms with Crippen molar-refractivity contribution in [1.29, 1.82) is 0 Å².